The summed E-state index contributed by atoms with van der Waals surface area (Å²) in [6.07, 6.45) is 4.99. The largest absolute Gasteiger partial charge is 0.508 e. The Morgan fingerprint density at radius 3 is 2.58 bits per heavy atom. The molecule has 2 aliphatic heterocycles. The first-order chi connectivity index (χ1) is 25.8. The number of hydrogen-bond donors (Lipinski definition) is 2. The molecule has 53 heavy (non-hydrogen) atoms. The van der Waals surface area contributed by atoms with E-state index in [9.17, 15) is 9.90 Å². The Morgan fingerprint density at radius 1 is 1.02 bits per heavy atom. The second-order valence-corrected chi connectivity index (χ2v) is 14.8. The van der Waals surface area contributed by atoms with Crippen LogP contribution in [-0.4, -0.2) is 89.6 Å². The number of nitrogens with zero attached hydrogens (tertiary/aromatic N) is 5. The summed E-state index contributed by atoms with van der Waals surface area (Å²) in [6, 6.07) is 18.1. The molecule has 1 amide bonds. The highest BCUT2D eigenvalue weighted by Gasteiger charge is 2.36. The molecule has 3 aromatic carbocycles. The van der Waals surface area contributed by atoms with Crippen molar-refractivity contribution in [3.63, 3.8) is 0 Å². The lowest BCUT2D eigenvalue weighted by Gasteiger charge is -2.33. The molecule has 2 saturated heterocycles. The highest BCUT2D eigenvalue weighted by Crippen LogP contribution is 2.41. The number of carbonyl (C=O) groups excluding carboxylic acids is 1. The minimum Gasteiger partial charge on any atom is -0.508 e. The van der Waals surface area contributed by atoms with Crippen LogP contribution in [0.1, 0.15) is 31.2 Å². The Labute approximate surface area is 312 Å². The van der Waals surface area contributed by atoms with Gasteiger partial charge in [-0.3, -0.25) is 9.88 Å². The van der Waals surface area contributed by atoms with Gasteiger partial charge in [-0.2, -0.15) is 9.97 Å². The summed E-state index contributed by atoms with van der Waals surface area (Å²) in [7, 11) is 1.95. The molecular formula is C40H42ClFN6O5. The van der Waals surface area contributed by atoms with E-state index in [0.29, 0.717) is 66.4 Å². The number of nitrogens with one attached hydrogen (secondary N) is 1. The zero-order chi connectivity index (χ0) is 36.5. The van der Waals surface area contributed by atoms with Gasteiger partial charge in [0.05, 0.1) is 18.6 Å². The molecule has 0 spiro atoms. The Morgan fingerprint density at radius 2 is 1.79 bits per heavy atom. The standard InChI is InChI=1S/C40H42ClFN6O5/c1-47-21-30(53-40(50)43-14-15-51-22-24-10-12-29(49)13-11-24)17-28(47)23-52-39-45-37-32(38(46-39)48-19-25-8-9-26(16-25)20-48)18-44-36(35(37)42)31-6-2-4-27-5-3-7-33(41)34(27)31/h2-7,10-13,18,25-26,28,30,49H,8-9,14-17,19-23H2,1H3,(H,43,50)/t25?,26?,28-,30+/m0/s1. The fraction of sp³-hybridized carbons (Fsp3) is 0.400. The number of phenolic OH excluding ortho intramolecular Hbond substituents is 1. The smallest absolute Gasteiger partial charge is 0.407 e. The average molecular weight is 741 g/mol. The van der Waals surface area contributed by atoms with Crippen LogP contribution in [0.25, 0.3) is 32.9 Å². The van der Waals surface area contributed by atoms with E-state index in [4.69, 9.17) is 30.8 Å². The number of aromatic hydroxyl groups is 1. The minimum atomic E-state index is -0.549. The predicted octanol–water partition coefficient (Wildman–Crippen LogP) is 6.97. The summed E-state index contributed by atoms with van der Waals surface area (Å²) >= 11 is 6.63. The molecule has 276 valence electrons. The number of phenols is 1. The molecule has 3 aliphatic rings. The van der Waals surface area contributed by atoms with Gasteiger partial charge in [0.15, 0.2) is 5.82 Å². The van der Waals surface area contributed by atoms with Crippen molar-refractivity contribution in [2.75, 3.05) is 51.3 Å². The lowest BCUT2D eigenvalue weighted by Crippen LogP contribution is -2.37. The number of likely N-dealkylation sites (N-methyl/N-ethyl adjacent to an activating group) is 1. The Balaban J connectivity index is 0.962. The van der Waals surface area contributed by atoms with Gasteiger partial charge >= 0.3 is 12.1 Å². The number of halogens is 2. The van der Waals surface area contributed by atoms with Crippen LogP contribution >= 0.6 is 11.6 Å². The fourth-order valence-electron chi connectivity index (χ4n) is 8.07. The monoisotopic (exact) mass is 740 g/mol. The van der Waals surface area contributed by atoms with Crippen molar-refractivity contribution < 1.29 is 28.5 Å². The Kier molecular flexibility index (Phi) is 10.2. The van der Waals surface area contributed by atoms with Crippen LogP contribution in [-0.2, 0) is 16.1 Å². The topological polar surface area (TPSA) is 122 Å². The van der Waals surface area contributed by atoms with Gasteiger partial charge in [0.2, 0.25) is 0 Å². The van der Waals surface area contributed by atoms with Crippen LogP contribution < -0.4 is 15.0 Å². The predicted molar refractivity (Wildman–Crippen MR) is 201 cm³/mol. The number of fused-ring (bicyclic) bond motifs is 4. The summed E-state index contributed by atoms with van der Waals surface area (Å²) in [5.74, 6) is 1.45. The Hall–Kier alpha value is -4.78. The lowest BCUT2D eigenvalue weighted by atomic mass is 9.98. The summed E-state index contributed by atoms with van der Waals surface area (Å²) in [5.41, 5.74) is 1.84. The molecule has 1 aliphatic carbocycles. The minimum absolute atomic E-state index is 0.0781. The molecule has 1 saturated carbocycles. The molecule has 2 aromatic heterocycles. The Bertz CT molecular complexity index is 2110. The molecule has 2 N–H and O–H groups in total. The van der Waals surface area contributed by atoms with E-state index in [1.165, 1.54) is 19.3 Å². The molecule has 4 heterocycles. The van der Waals surface area contributed by atoms with Crippen LogP contribution in [0.4, 0.5) is 15.0 Å². The van der Waals surface area contributed by atoms with Crippen LogP contribution in [0.2, 0.25) is 5.02 Å². The molecule has 2 unspecified atom stereocenters. The number of carbonyl (C=O) groups is 1. The second-order valence-electron chi connectivity index (χ2n) is 14.4. The first kappa shape index (κ1) is 35.3. The summed E-state index contributed by atoms with van der Waals surface area (Å²) in [6.45, 7) is 3.46. The van der Waals surface area contributed by atoms with Crippen molar-refractivity contribution in [2.24, 2.45) is 11.8 Å². The van der Waals surface area contributed by atoms with Crippen LogP contribution in [0, 0.1) is 17.7 Å². The highest BCUT2D eigenvalue weighted by molar-refractivity contribution is 6.36. The maximum atomic E-state index is 16.8. The average Bonchev–Trinajstić information content (AvgIpc) is 3.69. The van der Waals surface area contributed by atoms with Crippen molar-refractivity contribution in [3.05, 3.63) is 83.3 Å². The zero-order valence-electron chi connectivity index (χ0n) is 29.5. The summed E-state index contributed by atoms with van der Waals surface area (Å²) in [4.78, 5) is 31.1. The highest BCUT2D eigenvalue weighted by atomic mass is 35.5. The number of alkyl carbamates (subject to hydrolysis) is 1. The van der Waals surface area contributed by atoms with Crippen LogP contribution in [0.5, 0.6) is 11.8 Å². The molecular weight excluding hydrogens is 699 g/mol. The number of aromatic nitrogens is 3. The SMILES string of the molecule is CN1C[C@H](OC(=O)NCCOCc2ccc(O)cc2)C[C@H]1COc1nc(N2CC3CCC(C3)C2)c2cnc(-c3cccc4cccc(Cl)c34)c(F)c2n1. The number of ether oxygens (including phenoxy) is 3. The number of amides is 1. The third kappa shape index (κ3) is 7.67. The third-order valence-electron chi connectivity index (χ3n) is 10.7. The van der Waals surface area contributed by atoms with E-state index in [0.717, 1.165) is 29.4 Å². The van der Waals surface area contributed by atoms with Gasteiger partial charge in [0, 0.05) is 60.8 Å². The number of benzene rings is 3. The summed E-state index contributed by atoms with van der Waals surface area (Å²) < 4.78 is 34.3. The number of likely N-dealkylation sites (tertiary alicyclic amines) is 1. The molecule has 3 fully saturated rings. The van der Waals surface area contributed by atoms with Gasteiger partial charge in [-0.25, -0.2) is 9.18 Å². The van der Waals surface area contributed by atoms with Crippen LogP contribution in [0.15, 0.2) is 66.9 Å². The lowest BCUT2D eigenvalue weighted by molar-refractivity contribution is 0.0917. The first-order valence-corrected chi connectivity index (χ1v) is 18.6. The normalized spacial score (nSPS) is 21.4. The number of rotatable bonds is 11. The second kappa shape index (κ2) is 15.3. The third-order valence-corrected chi connectivity index (χ3v) is 11.0. The first-order valence-electron chi connectivity index (χ1n) is 18.2. The van der Waals surface area contributed by atoms with Crippen molar-refractivity contribution in [2.45, 2.75) is 44.4 Å². The molecule has 8 rings (SSSR count). The van der Waals surface area contributed by atoms with Gasteiger partial charge in [-0.15, -0.1) is 0 Å². The van der Waals surface area contributed by atoms with Crippen molar-refractivity contribution in [1.82, 2.24) is 25.2 Å². The van der Waals surface area contributed by atoms with E-state index < -0.39 is 11.9 Å². The number of piperidine rings is 1. The number of anilines is 1. The maximum absolute atomic E-state index is 16.8. The van der Waals surface area contributed by atoms with Crippen molar-refractivity contribution in [3.8, 4) is 23.0 Å². The van der Waals surface area contributed by atoms with Gasteiger partial charge in [-0.05, 0) is 67.3 Å². The van der Waals surface area contributed by atoms with Crippen molar-refractivity contribution >= 4 is 45.2 Å². The molecule has 13 heteroatoms. The van der Waals surface area contributed by atoms with E-state index in [2.05, 4.69) is 25.1 Å². The van der Waals surface area contributed by atoms with Gasteiger partial charge in [0.1, 0.15) is 35.5 Å². The molecule has 2 bridgehead atoms. The summed E-state index contributed by atoms with van der Waals surface area (Å²) in [5, 5.41) is 14.8. The zero-order valence-corrected chi connectivity index (χ0v) is 30.3. The van der Waals surface area contributed by atoms with Gasteiger partial charge in [-0.1, -0.05) is 54.1 Å². The number of hydrogen-bond acceptors (Lipinski definition) is 10. The van der Waals surface area contributed by atoms with E-state index in [1.807, 2.05) is 37.4 Å². The quantitative estimate of drug-likeness (QED) is 0.137. The van der Waals surface area contributed by atoms with E-state index in [-0.39, 0.29) is 41.7 Å². The fourth-order valence-corrected chi connectivity index (χ4v) is 8.35. The maximum Gasteiger partial charge on any atom is 0.407 e. The number of pyridine rings is 1. The van der Waals surface area contributed by atoms with Crippen molar-refractivity contribution in [1.29, 1.82) is 0 Å². The van der Waals surface area contributed by atoms with Gasteiger partial charge in [0.25, 0.3) is 0 Å². The van der Waals surface area contributed by atoms with Crippen LogP contribution in [0.3, 0.4) is 0 Å². The molecule has 5 aromatic rings. The molecule has 0 radical (unpaired) electrons. The van der Waals surface area contributed by atoms with E-state index >= 15 is 4.39 Å². The van der Waals surface area contributed by atoms with E-state index in [1.54, 1.807) is 36.5 Å². The van der Waals surface area contributed by atoms with Gasteiger partial charge < -0.3 is 29.5 Å². The molecule has 4 atom stereocenters. The molecule has 11 nitrogen and oxygen atoms in total.